The van der Waals surface area contributed by atoms with Gasteiger partial charge in [-0.05, 0) is 50.8 Å². The van der Waals surface area contributed by atoms with Crippen molar-refractivity contribution >= 4 is 0 Å². The van der Waals surface area contributed by atoms with Crippen LogP contribution in [-0.4, -0.2) is 23.9 Å². The zero-order valence-electron chi connectivity index (χ0n) is 11.4. The minimum atomic E-state index is 0.0456. The van der Waals surface area contributed by atoms with Crippen LogP contribution in [0.15, 0.2) is 18.2 Å². The highest BCUT2D eigenvalue weighted by molar-refractivity contribution is 5.37. The van der Waals surface area contributed by atoms with E-state index in [-0.39, 0.29) is 18.8 Å². The number of hydrogen-bond donors (Lipinski definition) is 2. The SMILES string of the molecule is Cc1cc(C(CO)NC2CC2)ccc1OC(C)C. The van der Waals surface area contributed by atoms with Gasteiger partial charge in [-0.3, -0.25) is 0 Å². The first-order valence-electron chi connectivity index (χ1n) is 6.74. The van der Waals surface area contributed by atoms with E-state index >= 15 is 0 Å². The van der Waals surface area contributed by atoms with Gasteiger partial charge in [-0.2, -0.15) is 0 Å². The second-order valence-corrected chi connectivity index (χ2v) is 5.37. The number of hydrogen-bond acceptors (Lipinski definition) is 3. The van der Waals surface area contributed by atoms with Gasteiger partial charge < -0.3 is 15.2 Å². The van der Waals surface area contributed by atoms with E-state index in [1.54, 1.807) is 0 Å². The quantitative estimate of drug-likeness (QED) is 0.814. The van der Waals surface area contributed by atoms with Gasteiger partial charge in [-0.1, -0.05) is 12.1 Å². The summed E-state index contributed by atoms with van der Waals surface area (Å²) >= 11 is 0. The highest BCUT2D eigenvalue weighted by Gasteiger charge is 2.25. The van der Waals surface area contributed by atoms with Crippen LogP contribution in [0.3, 0.4) is 0 Å². The summed E-state index contributed by atoms with van der Waals surface area (Å²) in [6, 6.07) is 6.79. The Bertz CT molecular complexity index is 399. The third-order valence-electron chi connectivity index (χ3n) is 3.16. The third-order valence-corrected chi connectivity index (χ3v) is 3.16. The number of rotatable bonds is 6. The summed E-state index contributed by atoms with van der Waals surface area (Å²) in [5.41, 5.74) is 2.26. The summed E-state index contributed by atoms with van der Waals surface area (Å²) in [5, 5.41) is 12.9. The van der Waals surface area contributed by atoms with Crippen LogP contribution in [0.1, 0.15) is 43.9 Å². The molecule has 0 bridgehead atoms. The summed E-state index contributed by atoms with van der Waals surface area (Å²) in [4.78, 5) is 0. The van der Waals surface area contributed by atoms with Gasteiger partial charge >= 0.3 is 0 Å². The molecule has 18 heavy (non-hydrogen) atoms. The molecule has 0 saturated heterocycles. The molecule has 0 heterocycles. The molecule has 1 atom stereocenters. The molecule has 1 aromatic rings. The van der Waals surface area contributed by atoms with Crippen molar-refractivity contribution in [2.24, 2.45) is 0 Å². The molecule has 3 nitrogen and oxygen atoms in total. The first kappa shape index (κ1) is 13.4. The van der Waals surface area contributed by atoms with Gasteiger partial charge in [0.25, 0.3) is 0 Å². The second-order valence-electron chi connectivity index (χ2n) is 5.37. The van der Waals surface area contributed by atoms with E-state index in [0.29, 0.717) is 6.04 Å². The first-order chi connectivity index (χ1) is 8.60. The van der Waals surface area contributed by atoms with Crippen molar-refractivity contribution in [3.63, 3.8) is 0 Å². The van der Waals surface area contributed by atoms with E-state index in [1.165, 1.54) is 12.8 Å². The standard InChI is InChI=1S/C15H23NO2/c1-10(2)18-15-7-4-12(8-11(15)3)14(9-17)16-13-5-6-13/h4,7-8,10,13-14,16-17H,5-6,9H2,1-3H3. The first-order valence-corrected chi connectivity index (χ1v) is 6.74. The van der Waals surface area contributed by atoms with Crippen LogP contribution in [0.2, 0.25) is 0 Å². The van der Waals surface area contributed by atoms with Crippen LogP contribution in [-0.2, 0) is 0 Å². The molecular weight excluding hydrogens is 226 g/mol. The molecular formula is C15H23NO2. The highest BCUT2D eigenvalue weighted by atomic mass is 16.5. The van der Waals surface area contributed by atoms with Crippen LogP contribution in [0, 0.1) is 6.92 Å². The molecule has 1 aliphatic rings. The number of aliphatic hydroxyl groups excluding tert-OH is 1. The average molecular weight is 249 g/mol. The normalized spacial score (nSPS) is 16.9. The molecule has 1 unspecified atom stereocenters. The van der Waals surface area contributed by atoms with Crippen LogP contribution < -0.4 is 10.1 Å². The molecule has 1 aliphatic carbocycles. The molecule has 0 radical (unpaired) electrons. The zero-order valence-corrected chi connectivity index (χ0v) is 11.4. The number of aliphatic hydroxyl groups is 1. The van der Waals surface area contributed by atoms with Crippen molar-refractivity contribution in [1.82, 2.24) is 5.32 Å². The van der Waals surface area contributed by atoms with Gasteiger partial charge in [0.15, 0.2) is 0 Å². The van der Waals surface area contributed by atoms with E-state index in [9.17, 15) is 5.11 Å². The molecule has 0 aromatic heterocycles. The minimum Gasteiger partial charge on any atom is -0.491 e. The van der Waals surface area contributed by atoms with Gasteiger partial charge in [0.2, 0.25) is 0 Å². The van der Waals surface area contributed by atoms with E-state index < -0.39 is 0 Å². The Balaban J connectivity index is 2.10. The number of benzene rings is 1. The Morgan fingerprint density at radius 2 is 2.11 bits per heavy atom. The fourth-order valence-corrected chi connectivity index (χ4v) is 2.06. The fourth-order valence-electron chi connectivity index (χ4n) is 2.06. The van der Waals surface area contributed by atoms with Crippen molar-refractivity contribution in [3.05, 3.63) is 29.3 Å². The molecule has 2 rings (SSSR count). The predicted octanol–water partition coefficient (Wildman–Crippen LogP) is 2.57. The third kappa shape index (κ3) is 3.47. The molecule has 3 heteroatoms. The maximum absolute atomic E-state index is 9.47. The van der Waals surface area contributed by atoms with Crippen LogP contribution in [0.5, 0.6) is 5.75 Å². The van der Waals surface area contributed by atoms with Gasteiger partial charge in [0, 0.05) is 6.04 Å². The number of nitrogens with one attached hydrogen (secondary N) is 1. The van der Waals surface area contributed by atoms with Crippen molar-refractivity contribution in [2.75, 3.05) is 6.61 Å². The van der Waals surface area contributed by atoms with E-state index in [2.05, 4.69) is 11.4 Å². The molecule has 0 spiro atoms. The molecule has 100 valence electrons. The van der Waals surface area contributed by atoms with Crippen LogP contribution in [0.4, 0.5) is 0 Å². The number of ether oxygens (including phenoxy) is 1. The summed E-state index contributed by atoms with van der Waals surface area (Å²) < 4.78 is 5.72. The summed E-state index contributed by atoms with van der Waals surface area (Å²) in [5.74, 6) is 0.928. The molecule has 1 fully saturated rings. The van der Waals surface area contributed by atoms with E-state index in [4.69, 9.17) is 4.74 Å². The van der Waals surface area contributed by atoms with Crippen molar-refractivity contribution in [3.8, 4) is 5.75 Å². The van der Waals surface area contributed by atoms with Crippen molar-refractivity contribution < 1.29 is 9.84 Å². The van der Waals surface area contributed by atoms with E-state index in [0.717, 1.165) is 16.9 Å². The summed E-state index contributed by atoms with van der Waals surface area (Å²) in [6.07, 6.45) is 2.64. The van der Waals surface area contributed by atoms with Gasteiger partial charge in [-0.25, -0.2) is 0 Å². The van der Waals surface area contributed by atoms with Crippen LogP contribution in [0.25, 0.3) is 0 Å². The Morgan fingerprint density at radius 3 is 2.61 bits per heavy atom. The molecule has 1 saturated carbocycles. The average Bonchev–Trinajstić information content (AvgIpc) is 3.12. The zero-order chi connectivity index (χ0) is 13.1. The Hall–Kier alpha value is -1.06. The smallest absolute Gasteiger partial charge is 0.122 e. The van der Waals surface area contributed by atoms with Gasteiger partial charge in [0.05, 0.1) is 18.8 Å². The van der Waals surface area contributed by atoms with Gasteiger partial charge in [0.1, 0.15) is 5.75 Å². The second kappa shape index (κ2) is 5.72. The Labute approximate surface area is 109 Å². The van der Waals surface area contributed by atoms with Gasteiger partial charge in [-0.15, -0.1) is 0 Å². The largest absolute Gasteiger partial charge is 0.491 e. The maximum Gasteiger partial charge on any atom is 0.122 e. The Kier molecular flexibility index (Phi) is 4.25. The van der Waals surface area contributed by atoms with Crippen LogP contribution >= 0.6 is 0 Å². The summed E-state index contributed by atoms with van der Waals surface area (Å²) in [7, 11) is 0. The number of aryl methyl sites for hydroxylation is 1. The monoisotopic (exact) mass is 249 g/mol. The van der Waals surface area contributed by atoms with Crippen molar-refractivity contribution in [1.29, 1.82) is 0 Å². The fraction of sp³-hybridized carbons (Fsp3) is 0.600. The lowest BCUT2D eigenvalue weighted by molar-refractivity contribution is 0.237. The topological polar surface area (TPSA) is 41.5 Å². The lowest BCUT2D eigenvalue weighted by atomic mass is 10.0. The molecule has 0 amide bonds. The summed E-state index contributed by atoms with van der Waals surface area (Å²) in [6.45, 7) is 6.24. The van der Waals surface area contributed by atoms with Crippen molar-refractivity contribution in [2.45, 2.75) is 51.8 Å². The molecule has 0 aliphatic heterocycles. The lowest BCUT2D eigenvalue weighted by Crippen LogP contribution is -2.26. The maximum atomic E-state index is 9.47. The Morgan fingerprint density at radius 1 is 1.39 bits per heavy atom. The van der Waals surface area contributed by atoms with E-state index in [1.807, 2.05) is 32.9 Å². The highest BCUT2D eigenvalue weighted by Crippen LogP contribution is 2.27. The molecule has 2 N–H and O–H groups in total. The predicted molar refractivity (Wildman–Crippen MR) is 72.9 cm³/mol. The molecule has 1 aromatic carbocycles. The lowest BCUT2D eigenvalue weighted by Gasteiger charge is -2.19. The minimum absolute atomic E-state index is 0.0456.